The fourth-order valence-electron chi connectivity index (χ4n) is 3.17. The van der Waals surface area contributed by atoms with Crippen LogP contribution >= 0.6 is 0 Å². The Bertz CT molecular complexity index is 781. The van der Waals surface area contributed by atoms with E-state index in [0.717, 1.165) is 11.1 Å². The largest absolute Gasteiger partial charge is 0.507 e. The number of phenols is 1. The lowest BCUT2D eigenvalue weighted by atomic mass is 9.94. The Morgan fingerprint density at radius 1 is 1.32 bits per heavy atom. The molecule has 1 aliphatic heterocycles. The number of carbonyl (C=O) groups is 2. The SMILES string of the molecule is COc1c(C)c2c(c(O)c1CC=C(C)CCC(=O)NC(CO)CO)C(=O)OC2. The van der Waals surface area contributed by atoms with Gasteiger partial charge < -0.3 is 30.1 Å². The highest BCUT2D eigenvalue weighted by atomic mass is 16.5. The highest BCUT2D eigenvalue weighted by Crippen LogP contribution is 2.42. The molecule has 0 saturated carbocycles. The molecule has 8 heteroatoms. The molecule has 1 aliphatic rings. The number of carbonyl (C=O) groups excluding carboxylic acids is 2. The number of methoxy groups -OCH3 is 1. The maximum absolute atomic E-state index is 11.9. The molecule has 0 aliphatic carbocycles. The molecule has 0 unspecified atom stereocenters. The van der Waals surface area contributed by atoms with Gasteiger partial charge in [0.15, 0.2) is 0 Å². The molecule has 0 fully saturated rings. The van der Waals surface area contributed by atoms with Gasteiger partial charge in [0.25, 0.3) is 0 Å². The minimum Gasteiger partial charge on any atom is -0.507 e. The van der Waals surface area contributed by atoms with Crippen molar-refractivity contribution in [2.24, 2.45) is 0 Å². The number of rotatable bonds is 9. The number of phenolic OH excluding ortho intramolecular Hbond substituents is 1. The van der Waals surface area contributed by atoms with E-state index in [1.54, 1.807) is 0 Å². The molecule has 1 amide bonds. The number of nitrogens with one attached hydrogen (secondary N) is 1. The lowest BCUT2D eigenvalue weighted by Gasteiger charge is -2.16. The lowest BCUT2D eigenvalue weighted by Crippen LogP contribution is -2.39. The summed E-state index contributed by atoms with van der Waals surface area (Å²) in [6, 6.07) is -0.660. The third kappa shape index (κ3) is 4.63. The van der Waals surface area contributed by atoms with Gasteiger partial charge >= 0.3 is 5.97 Å². The van der Waals surface area contributed by atoms with Crippen molar-refractivity contribution in [1.82, 2.24) is 5.32 Å². The Morgan fingerprint density at radius 3 is 2.61 bits per heavy atom. The number of esters is 1. The van der Waals surface area contributed by atoms with Gasteiger partial charge in [-0.05, 0) is 32.3 Å². The standard InChI is InChI=1S/C20H27NO7/c1-11(5-7-16(24)21-13(8-22)9-23)4-6-14-18(25)17-15(10-28-20(17)26)12(2)19(14)27-3/h4,13,22-23,25H,5-10H2,1-3H3,(H,21,24). The van der Waals surface area contributed by atoms with Crippen molar-refractivity contribution in [3.05, 3.63) is 33.9 Å². The van der Waals surface area contributed by atoms with E-state index in [1.807, 2.05) is 19.9 Å². The van der Waals surface area contributed by atoms with Crippen LogP contribution in [-0.2, 0) is 22.6 Å². The van der Waals surface area contributed by atoms with Gasteiger partial charge in [-0.3, -0.25) is 4.79 Å². The Labute approximate surface area is 163 Å². The van der Waals surface area contributed by atoms with Crippen LogP contribution in [0.4, 0.5) is 0 Å². The number of aliphatic hydroxyl groups excluding tert-OH is 2. The van der Waals surface area contributed by atoms with Crippen molar-refractivity contribution in [1.29, 1.82) is 0 Å². The third-order valence-electron chi connectivity index (χ3n) is 4.85. The summed E-state index contributed by atoms with van der Waals surface area (Å²) in [5.74, 6) is -0.419. The van der Waals surface area contributed by atoms with E-state index in [-0.39, 0.29) is 43.5 Å². The minimum atomic E-state index is -0.660. The molecule has 28 heavy (non-hydrogen) atoms. The van der Waals surface area contributed by atoms with Gasteiger partial charge in [-0.15, -0.1) is 0 Å². The minimum absolute atomic E-state index is 0.122. The number of benzene rings is 1. The smallest absolute Gasteiger partial charge is 0.342 e. The fraction of sp³-hybridized carbons (Fsp3) is 0.500. The van der Waals surface area contributed by atoms with E-state index < -0.39 is 12.0 Å². The number of allylic oxidation sites excluding steroid dienone is 2. The molecule has 0 aromatic heterocycles. The van der Waals surface area contributed by atoms with Crippen LogP contribution in [0.1, 0.15) is 46.8 Å². The van der Waals surface area contributed by atoms with Gasteiger partial charge in [0.05, 0.1) is 26.4 Å². The average Bonchev–Trinajstić information content (AvgIpc) is 3.08. The van der Waals surface area contributed by atoms with Crippen LogP contribution in [0, 0.1) is 6.92 Å². The Kier molecular flexibility index (Phi) is 7.42. The van der Waals surface area contributed by atoms with Gasteiger partial charge in [-0.1, -0.05) is 11.6 Å². The van der Waals surface area contributed by atoms with Crippen LogP contribution in [0.2, 0.25) is 0 Å². The normalized spacial score (nSPS) is 13.5. The monoisotopic (exact) mass is 393 g/mol. The van der Waals surface area contributed by atoms with Crippen molar-refractivity contribution >= 4 is 11.9 Å². The molecule has 1 heterocycles. The second kappa shape index (κ2) is 9.57. The number of fused-ring (bicyclic) bond motifs is 1. The first-order valence-electron chi connectivity index (χ1n) is 9.09. The summed E-state index contributed by atoms with van der Waals surface area (Å²) in [6.07, 6.45) is 2.88. The summed E-state index contributed by atoms with van der Waals surface area (Å²) in [4.78, 5) is 23.8. The first-order chi connectivity index (χ1) is 13.3. The predicted molar refractivity (Wildman–Crippen MR) is 101 cm³/mol. The summed E-state index contributed by atoms with van der Waals surface area (Å²) in [7, 11) is 1.51. The number of amides is 1. The van der Waals surface area contributed by atoms with Gasteiger partial charge in [-0.2, -0.15) is 0 Å². The van der Waals surface area contributed by atoms with E-state index in [1.165, 1.54) is 7.11 Å². The van der Waals surface area contributed by atoms with Gasteiger partial charge in [-0.25, -0.2) is 4.79 Å². The summed E-state index contributed by atoms with van der Waals surface area (Å²) in [5, 5.41) is 31.1. The van der Waals surface area contributed by atoms with Gasteiger partial charge in [0.1, 0.15) is 23.7 Å². The van der Waals surface area contributed by atoms with E-state index in [0.29, 0.717) is 29.7 Å². The number of aliphatic hydroxyl groups is 2. The maximum atomic E-state index is 11.9. The molecule has 0 saturated heterocycles. The highest BCUT2D eigenvalue weighted by Gasteiger charge is 2.31. The quantitative estimate of drug-likeness (QED) is 0.366. The Hall–Kier alpha value is -2.58. The van der Waals surface area contributed by atoms with Crippen molar-refractivity contribution in [2.45, 2.75) is 45.8 Å². The summed E-state index contributed by atoms with van der Waals surface area (Å²) in [6.45, 7) is 3.16. The van der Waals surface area contributed by atoms with E-state index in [9.17, 15) is 14.7 Å². The summed E-state index contributed by atoms with van der Waals surface area (Å²) >= 11 is 0. The molecule has 0 atom stereocenters. The van der Waals surface area contributed by atoms with Crippen molar-refractivity contribution in [3.63, 3.8) is 0 Å². The molecule has 0 bridgehead atoms. The number of cyclic esters (lactones) is 1. The number of aromatic hydroxyl groups is 1. The molecule has 0 radical (unpaired) electrons. The zero-order chi connectivity index (χ0) is 20.8. The van der Waals surface area contributed by atoms with Crippen molar-refractivity contribution in [2.75, 3.05) is 20.3 Å². The second-order valence-corrected chi connectivity index (χ2v) is 6.80. The number of ether oxygens (including phenoxy) is 2. The number of hydrogen-bond acceptors (Lipinski definition) is 7. The molecule has 1 aromatic rings. The molecule has 8 nitrogen and oxygen atoms in total. The van der Waals surface area contributed by atoms with Crippen LogP contribution in [0.15, 0.2) is 11.6 Å². The first kappa shape index (κ1) is 21.7. The van der Waals surface area contributed by atoms with E-state index in [4.69, 9.17) is 19.7 Å². The third-order valence-corrected chi connectivity index (χ3v) is 4.85. The second-order valence-electron chi connectivity index (χ2n) is 6.80. The van der Waals surface area contributed by atoms with Crippen molar-refractivity contribution < 1.29 is 34.4 Å². The molecule has 0 spiro atoms. The molecular weight excluding hydrogens is 366 g/mol. The first-order valence-corrected chi connectivity index (χ1v) is 9.09. The zero-order valence-corrected chi connectivity index (χ0v) is 16.4. The number of hydrogen-bond donors (Lipinski definition) is 4. The summed E-state index contributed by atoms with van der Waals surface area (Å²) < 4.78 is 10.5. The van der Waals surface area contributed by atoms with Crippen LogP contribution in [0.3, 0.4) is 0 Å². The maximum Gasteiger partial charge on any atom is 0.342 e. The van der Waals surface area contributed by atoms with Crippen LogP contribution in [0.5, 0.6) is 11.5 Å². The fourth-order valence-corrected chi connectivity index (χ4v) is 3.17. The molecule has 1 aromatic carbocycles. The molecule has 154 valence electrons. The Morgan fingerprint density at radius 2 is 2.00 bits per heavy atom. The molecule has 2 rings (SSSR count). The van der Waals surface area contributed by atoms with E-state index in [2.05, 4.69) is 5.32 Å². The van der Waals surface area contributed by atoms with Crippen LogP contribution < -0.4 is 10.1 Å². The topological polar surface area (TPSA) is 125 Å². The van der Waals surface area contributed by atoms with Crippen molar-refractivity contribution in [3.8, 4) is 11.5 Å². The zero-order valence-electron chi connectivity index (χ0n) is 16.4. The van der Waals surface area contributed by atoms with Crippen LogP contribution in [0.25, 0.3) is 0 Å². The highest BCUT2D eigenvalue weighted by molar-refractivity contribution is 5.98. The predicted octanol–water partition coefficient (Wildman–Crippen LogP) is 1.12. The summed E-state index contributed by atoms with van der Waals surface area (Å²) in [5.41, 5.74) is 3.02. The van der Waals surface area contributed by atoms with Gasteiger partial charge in [0, 0.05) is 17.5 Å². The average molecular weight is 393 g/mol. The molecule has 4 N–H and O–H groups in total. The molecular formula is C20H27NO7. The Balaban J connectivity index is 2.11. The van der Waals surface area contributed by atoms with Crippen LogP contribution in [-0.4, -0.2) is 53.6 Å². The van der Waals surface area contributed by atoms with Gasteiger partial charge in [0.2, 0.25) is 5.91 Å². The lowest BCUT2D eigenvalue weighted by molar-refractivity contribution is -0.122. The van der Waals surface area contributed by atoms with E-state index >= 15 is 0 Å².